The molecular weight excluding hydrogens is 240 g/mol. The molecule has 2 rings (SSSR count). The van der Waals surface area contributed by atoms with Gasteiger partial charge in [0, 0.05) is 30.4 Å². The second kappa shape index (κ2) is 5.72. The highest BCUT2D eigenvalue weighted by Crippen LogP contribution is 2.29. The fourth-order valence-electron chi connectivity index (χ4n) is 2.86. The van der Waals surface area contributed by atoms with E-state index in [1.165, 1.54) is 0 Å². The van der Waals surface area contributed by atoms with Crippen molar-refractivity contribution in [2.45, 2.75) is 25.5 Å². The molecule has 0 aromatic heterocycles. The van der Waals surface area contributed by atoms with Gasteiger partial charge in [-0.15, -0.1) is 0 Å². The Labute approximate surface area is 114 Å². The maximum absolute atomic E-state index is 10.8. The third kappa shape index (κ3) is 3.14. The average Bonchev–Trinajstić information content (AvgIpc) is 2.69. The van der Waals surface area contributed by atoms with Gasteiger partial charge in [0.15, 0.2) is 0 Å². The molecule has 2 unspecified atom stereocenters. The molecule has 1 fully saturated rings. The van der Waals surface area contributed by atoms with E-state index in [-0.39, 0.29) is 6.10 Å². The second-order valence-corrected chi connectivity index (χ2v) is 5.62. The summed E-state index contributed by atoms with van der Waals surface area (Å²) in [4.78, 5) is 15.2. The summed E-state index contributed by atoms with van der Waals surface area (Å²) in [7, 11) is 4.09. The molecule has 1 aliphatic heterocycles. The Kier molecular flexibility index (Phi) is 4.22. The predicted molar refractivity (Wildman–Crippen MR) is 76.9 cm³/mol. The zero-order valence-electron chi connectivity index (χ0n) is 11.8. The summed E-state index contributed by atoms with van der Waals surface area (Å²) in [5, 5.41) is 9.92. The summed E-state index contributed by atoms with van der Waals surface area (Å²) < 4.78 is 0. The van der Waals surface area contributed by atoms with Crippen LogP contribution in [0.2, 0.25) is 0 Å². The van der Waals surface area contributed by atoms with Crippen molar-refractivity contribution in [3.8, 4) is 0 Å². The first-order valence-electron chi connectivity index (χ1n) is 6.66. The van der Waals surface area contributed by atoms with Crippen molar-refractivity contribution in [2.75, 3.05) is 32.1 Å². The van der Waals surface area contributed by atoms with Crippen LogP contribution in [0.5, 0.6) is 0 Å². The summed E-state index contributed by atoms with van der Waals surface area (Å²) in [6.07, 6.45) is 1.40. The molecule has 0 bridgehead atoms. The van der Waals surface area contributed by atoms with E-state index in [1.807, 2.05) is 39.2 Å². The molecule has 4 nitrogen and oxygen atoms in total. The van der Waals surface area contributed by atoms with Crippen molar-refractivity contribution in [3.63, 3.8) is 0 Å². The third-order valence-corrected chi connectivity index (χ3v) is 3.63. The Morgan fingerprint density at radius 3 is 2.79 bits per heavy atom. The van der Waals surface area contributed by atoms with Crippen LogP contribution in [0.4, 0.5) is 5.69 Å². The van der Waals surface area contributed by atoms with Crippen molar-refractivity contribution in [2.24, 2.45) is 0 Å². The first kappa shape index (κ1) is 14.0. The molecule has 4 heteroatoms. The molecule has 0 spiro atoms. The Hall–Kier alpha value is -1.39. The highest BCUT2D eigenvalue weighted by atomic mass is 16.3. The van der Waals surface area contributed by atoms with Gasteiger partial charge in [-0.2, -0.15) is 0 Å². The van der Waals surface area contributed by atoms with Gasteiger partial charge in [-0.1, -0.05) is 0 Å². The molecule has 1 heterocycles. The van der Waals surface area contributed by atoms with E-state index in [0.29, 0.717) is 18.2 Å². The fraction of sp³-hybridized carbons (Fsp3) is 0.533. The van der Waals surface area contributed by atoms with Crippen LogP contribution in [-0.2, 0) is 0 Å². The maximum atomic E-state index is 10.8. The van der Waals surface area contributed by atoms with Crippen LogP contribution in [0.15, 0.2) is 18.2 Å². The monoisotopic (exact) mass is 262 g/mol. The van der Waals surface area contributed by atoms with E-state index in [1.54, 1.807) is 0 Å². The summed E-state index contributed by atoms with van der Waals surface area (Å²) >= 11 is 0. The van der Waals surface area contributed by atoms with E-state index < -0.39 is 0 Å². The minimum absolute atomic E-state index is 0.268. The molecule has 1 aromatic carbocycles. The average molecular weight is 262 g/mol. The number of likely N-dealkylation sites (N-methyl/N-ethyl adjacent to an activating group) is 1. The standard InChI is InChI=1S/C15H22N2O2/c1-11-6-12(10-18)4-5-15(11)17-9-14(19)7-13(17)8-16(2)3/h4-6,10,13-14,19H,7-9H2,1-3H3. The van der Waals surface area contributed by atoms with Crippen LogP contribution in [0.1, 0.15) is 22.3 Å². The zero-order valence-corrected chi connectivity index (χ0v) is 11.8. The van der Waals surface area contributed by atoms with Gasteiger partial charge in [0.25, 0.3) is 0 Å². The summed E-state index contributed by atoms with van der Waals surface area (Å²) in [5.74, 6) is 0. The van der Waals surface area contributed by atoms with Crippen LogP contribution in [-0.4, -0.2) is 55.6 Å². The number of anilines is 1. The normalized spacial score (nSPS) is 23.1. The Morgan fingerprint density at radius 1 is 1.47 bits per heavy atom. The van der Waals surface area contributed by atoms with E-state index in [0.717, 1.165) is 30.5 Å². The SMILES string of the molecule is Cc1cc(C=O)ccc1N1CC(O)CC1CN(C)C. The molecule has 0 amide bonds. The number of β-amino-alcohol motifs (C(OH)–C–C–N with tert-alkyl or cyclic N) is 1. The molecule has 19 heavy (non-hydrogen) atoms. The minimum Gasteiger partial charge on any atom is -0.391 e. The topological polar surface area (TPSA) is 43.8 Å². The van der Waals surface area contributed by atoms with Crippen LogP contribution < -0.4 is 4.90 Å². The first-order chi connectivity index (χ1) is 9.01. The molecular formula is C15H22N2O2. The molecule has 0 radical (unpaired) electrons. The van der Waals surface area contributed by atoms with E-state index in [2.05, 4.69) is 9.80 Å². The van der Waals surface area contributed by atoms with E-state index in [9.17, 15) is 9.90 Å². The Morgan fingerprint density at radius 2 is 2.21 bits per heavy atom. The quantitative estimate of drug-likeness (QED) is 0.831. The number of aryl methyl sites for hydroxylation is 1. The predicted octanol–water partition coefficient (Wildman–Crippen LogP) is 1.31. The number of benzene rings is 1. The van der Waals surface area contributed by atoms with Gasteiger partial charge >= 0.3 is 0 Å². The van der Waals surface area contributed by atoms with Crippen molar-refractivity contribution >= 4 is 12.0 Å². The maximum Gasteiger partial charge on any atom is 0.150 e. The lowest BCUT2D eigenvalue weighted by Crippen LogP contribution is -2.37. The molecule has 104 valence electrons. The Bertz CT molecular complexity index is 459. The summed E-state index contributed by atoms with van der Waals surface area (Å²) in [6.45, 7) is 3.60. The lowest BCUT2D eigenvalue weighted by atomic mass is 10.1. The van der Waals surface area contributed by atoms with Crippen molar-refractivity contribution in [1.29, 1.82) is 0 Å². The number of aliphatic hydroxyl groups excluding tert-OH is 1. The van der Waals surface area contributed by atoms with Gasteiger partial charge in [-0.3, -0.25) is 4.79 Å². The lowest BCUT2D eigenvalue weighted by Gasteiger charge is -2.30. The van der Waals surface area contributed by atoms with Gasteiger partial charge in [0.1, 0.15) is 6.29 Å². The van der Waals surface area contributed by atoms with Gasteiger partial charge in [0.05, 0.1) is 6.10 Å². The largest absolute Gasteiger partial charge is 0.391 e. The molecule has 0 saturated carbocycles. The van der Waals surface area contributed by atoms with Gasteiger partial charge < -0.3 is 14.9 Å². The van der Waals surface area contributed by atoms with Crippen LogP contribution in [0, 0.1) is 6.92 Å². The van der Waals surface area contributed by atoms with Crippen molar-refractivity contribution in [3.05, 3.63) is 29.3 Å². The molecule has 1 N–H and O–H groups in total. The smallest absolute Gasteiger partial charge is 0.150 e. The number of carbonyl (C=O) groups excluding carboxylic acids is 1. The van der Waals surface area contributed by atoms with E-state index in [4.69, 9.17) is 0 Å². The van der Waals surface area contributed by atoms with Gasteiger partial charge in [-0.05, 0) is 51.2 Å². The third-order valence-electron chi connectivity index (χ3n) is 3.63. The fourth-order valence-corrected chi connectivity index (χ4v) is 2.86. The van der Waals surface area contributed by atoms with Gasteiger partial charge in [0.2, 0.25) is 0 Å². The number of carbonyl (C=O) groups is 1. The van der Waals surface area contributed by atoms with Crippen LogP contribution >= 0.6 is 0 Å². The van der Waals surface area contributed by atoms with Crippen molar-refractivity contribution < 1.29 is 9.90 Å². The molecule has 2 atom stereocenters. The zero-order chi connectivity index (χ0) is 14.0. The summed E-state index contributed by atoms with van der Waals surface area (Å²) in [5.41, 5.74) is 2.90. The number of aliphatic hydroxyl groups is 1. The van der Waals surface area contributed by atoms with E-state index >= 15 is 0 Å². The Balaban J connectivity index is 2.25. The first-order valence-corrected chi connectivity index (χ1v) is 6.66. The lowest BCUT2D eigenvalue weighted by molar-refractivity contribution is 0.112. The minimum atomic E-state index is -0.268. The summed E-state index contributed by atoms with van der Waals surface area (Å²) in [6, 6.07) is 6.05. The number of nitrogens with zero attached hydrogens (tertiary/aromatic N) is 2. The number of rotatable bonds is 4. The highest BCUT2D eigenvalue weighted by Gasteiger charge is 2.31. The number of hydrogen-bond acceptors (Lipinski definition) is 4. The van der Waals surface area contributed by atoms with Crippen molar-refractivity contribution in [1.82, 2.24) is 4.90 Å². The van der Waals surface area contributed by atoms with Crippen LogP contribution in [0.3, 0.4) is 0 Å². The highest BCUT2D eigenvalue weighted by molar-refractivity contribution is 5.77. The molecule has 1 aliphatic rings. The van der Waals surface area contributed by atoms with Crippen LogP contribution in [0.25, 0.3) is 0 Å². The molecule has 1 saturated heterocycles. The molecule has 1 aromatic rings. The number of hydrogen-bond donors (Lipinski definition) is 1. The number of aldehydes is 1. The van der Waals surface area contributed by atoms with Gasteiger partial charge in [-0.25, -0.2) is 0 Å². The second-order valence-electron chi connectivity index (χ2n) is 5.62. The molecule has 0 aliphatic carbocycles.